The number of rotatable bonds is 1. The third kappa shape index (κ3) is 2.82. The molecule has 1 fully saturated rings. The molecule has 1 saturated heterocycles. The molecular weight excluding hydrogens is 339 g/mol. The van der Waals surface area contributed by atoms with E-state index in [2.05, 4.69) is 18.8 Å². The Morgan fingerprint density at radius 3 is 2.64 bits per heavy atom. The van der Waals surface area contributed by atoms with Gasteiger partial charge in [-0.1, -0.05) is 37.7 Å². The van der Waals surface area contributed by atoms with Gasteiger partial charge in [0.15, 0.2) is 11.0 Å². The van der Waals surface area contributed by atoms with Crippen LogP contribution >= 0.6 is 11.8 Å². The van der Waals surface area contributed by atoms with Crippen LogP contribution in [-0.4, -0.2) is 27.5 Å². The summed E-state index contributed by atoms with van der Waals surface area (Å²) in [4.78, 5) is 31.9. The Kier molecular flexibility index (Phi) is 3.83. The van der Waals surface area contributed by atoms with E-state index in [0.717, 1.165) is 11.3 Å². The zero-order valence-corrected chi connectivity index (χ0v) is 15.0. The van der Waals surface area contributed by atoms with Crippen molar-refractivity contribution in [2.24, 2.45) is 10.4 Å². The number of nitrogens with zero attached hydrogens (tertiary/aromatic N) is 2. The minimum atomic E-state index is -0.494. The second kappa shape index (κ2) is 5.80. The van der Waals surface area contributed by atoms with Gasteiger partial charge in [0.2, 0.25) is 5.91 Å². The van der Waals surface area contributed by atoms with Gasteiger partial charge in [0, 0.05) is 24.2 Å². The van der Waals surface area contributed by atoms with Crippen molar-refractivity contribution < 1.29 is 14.0 Å². The zero-order valence-electron chi connectivity index (χ0n) is 14.2. The summed E-state index contributed by atoms with van der Waals surface area (Å²) in [5.41, 5.74) is 2.00. The largest absolute Gasteiger partial charge is 0.294 e. The maximum absolute atomic E-state index is 13.4. The number of amidine groups is 1. The Labute approximate surface area is 150 Å². The van der Waals surface area contributed by atoms with Gasteiger partial charge < -0.3 is 0 Å². The molecule has 2 aliphatic heterocycles. The van der Waals surface area contributed by atoms with E-state index in [9.17, 15) is 14.0 Å². The second-order valence-corrected chi connectivity index (χ2v) is 8.57. The lowest BCUT2D eigenvalue weighted by Gasteiger charge is -2.43. The third-order valence-corrected chi connectivity index (χ3v) is 5.82. The van der Waals surface area contributed by atoms with Crippen LogP contribution in [0.3, 0.4) is 0 Å². The van der Waals surface area contributed by atoms with Gasteiger partial charge in [-0.2, -0.15) is 0 Å². The maximum Gasteiger partial charge on any atom is 0.230 e. The fourth-order valence-electron chi connectivity index (χ4n) is 3.78. The summed E-state index contributed by atoms with van der Waals surface area (Å²) in [7, 11) is 0. The normalized spacial score (nSPS) is 25.5. The van der Waals surface area contributed by atoms with E-state index in [1.807, 2.05) is 0 Å². The van der Waals surface area contributed by atoms with Crippen molar-refractivity contribution in [3.05, 3.63) is 46.9 Å². The Hall–Kier alpha value is -1.95. The molecule has 3 aliphatic rings. The van der Waals surface area contributed by atoms with Crippen molar-refractivity contribution in [1.29, 1.82) is 0 Å². The SMILES string of the molecule is CC1(C)CC(=O)C2=C(C1)N=C1SCCC(=O)N1C2c1ccc(F)cc1. The van der Waals surface area contributed by atoms with E-state index in [0.29, 0.717) is 35.8 Å². The lowest BCUT2D eigenvalue weighted by molar-refractivity contribution is -0.128. The van der Waals surface area contributed by atoms with E-state index < -0.39 is 6.04 Å². The highest BCUT2D eigenvalue weighted by molar-refractivity contribution is 8.14. The van der Waals surface area contributed by atoms with Crippen LogP contribution in [0.25, 0.3) is 0 Å². The average Bonchev–Trinajstić information content (AvgIpc) is 2.53. The van der Waals surface area contributed by atoms with E-state index >= 15 is 0 Å². The number of ketones is 1. The number of halogens is 1. The van der Waals surface area contributed by atoms with E-state index in [1.54, 1.807) is 28.8 Å². The van der Waals surface area contributed by atoms with Gasteiger partial charge in [-0.15, -0.1) is 0 Å². The first-order valence-corrected chi connectivity index (χ1v) is 9.39. The average molecular weight is 358 g/mol. The Bertz CT molecular complexity index is 826. The quantitative estimate of drug-likeness (QED) is 0.766. The summed E-state index contributed by atoms with van der Waals surface area (Å²) in [5, 5.41) is 0.662. The topological polar surface area (TPSA) is 49.7 Å². The summed E-state index contributed by atoms with van der Waals surface area (Å²) in [5.74, 6) is 0.366. The standard InChI is InChI=1S/C19H19FN2O2S/c1-19(2)9-13-16(14(23)10-19)17(11-3-5-12(20)6-4-11)22-15(24)7-8-25-18(22)21-13/h3-6,17H,7-10H2,1-2H3. The van der Waals surface area contributed by atoms with Crippen LogP contribution in [0.4, 0.5) is 4.39 Å². The number of carbonyl (C=O) groups excluding carboxylic acids is 2. The molecule has 6 heteroatoms. The van der Waals surface area contributed by atoms with Crippen LogP contribution in [0.15, 0.2) is 40.5 Å². The molecule has 1 unspecified atom stereocenters. The summed E-state index contributed by atoms with van der Waals surface area (Å²) < 4.78 is 13.4. The van der Waals surface area contributed by atoms with E-state index in [4.69, 9.17) is 0 Å². The molecule has 4 rings (SSSR count). The third-order valence-electron chi connectivity index (χ3n) is 4.87. The number of benzene rings is 1. The Balaban J connectivity index is 1.89. The van der Waals surface area contributed by atoms with Crippen molar-refractivity contribution in [2.75, 3.05) is 5.75 Å². The molecule has 1 atom stereocenters. The first-order valence-electron chi connectivity index (χ1n) is 8.41. The van der Waals surface area contributed by atoms with E-state index in [1.165, 1.54) is 12.1 Å². The predicted molar refractivity (Wildman–Crippen MR) is 95.5 cm³/mol. The smallest absolute Gasteiger partial charge is 0.230 e. The predicted octanol–water partition coefficient (Wildman–Crippen LogP) is 3.85. The van der Waals surface area contributed by atoms with Crippen molar-refractivity contribution in [3.8, 4) is 0 Å². The number of amides is 1. The molecule has 1 aliphatic carbocycles. The van der Waals surface area contributed by atoms with Crippen LogP contribution < -0.4 is 0 Å². The van der Waals surface area contributed by atoms with Crippen LogP contribution in [-0.2, 0) is 9.59 Å². The maximum atomic E-state index is 13.4. The van der Waals surface area contributed by atoms with Gasteiger partial charge in [0.25, 0.3) is 0 Å². The van der Waals surface area contributed by atoms with Crippen LogP contribution in [0, 0.1) is 11.2 Å². The molecule has 1 aromatic rings. The van der Waals surface area contributed by atoms with Gasteiger partial charge in [-0.05, 0) is 29.5 Å². The number of hydrogen-bond acceptors (Lipinski definition) is 4. The highest BCUT2D eigenvalue weighted by Gasteiger charge is 2.45. The van der Waals surface area contributed by atoms with Gasteiger partial charge in [-0.3, -0.25) is 14.5 Å². The second-order valence-electron chi connectivity index (χ2n) is 7.51. The lowest BCUT2D eigenvalue weighted by atomic mass is 9.73. The number of hydrogen-bond donors (Lipinski definition) is 0. The molecule has 0 saturated carbocycles. The number of thioether (sulfide) groups is 1. The minimum absolute atomic E-state index is 0.0315. The Morgan fingerprint density at radius 1 is 1.20 bits per heavy atom. The van der Waals surface area contributed by atoms with Crippen LogP contribution in [0.5, 0.6) is 0 Å². The molecule has 4 nitrogen and oxygen atoms in total. The molecule has 0 spiro atoms. The highest BCUT2D eigenvalue weighted by Crippen LogP contribution is 2.47. The monoisotopic (exact) mass is 358 g/mol. The molecule has 0 bridgehead atoms. The molecule has 1 amide bonds. The molecule has 1 aromatic carbocycles. The summed E-state index contributed by atoms with van der Waals surface area (Å²) in [6.07, 6.45) is 1.56. The van der Waals surface area contributed by atoms with Crippen molar-refractivity contribution in [3.63, 3.8) is 0 Å². The van der Waals surface area contributed by atoms with Gasteiger partial charge in [-0.25, -0.2) is 9.38 Å². The van der Waals surface area contributed by atoms with Crippen LogP contribution in [0.1, 0.15) is 44.7 Å². The minimum Gasteiger partial charge on any atom is -0.294 e. The highest BCUT2D eigenvalue weighted by atomic mass is 32.2. The fraction of sp³-hybridized carbons (Fsp3) is 0.421. The zero-order chi connectivity index (χ0) is 17.8. The van der Waals surface area contributed by atoms with Crippen LogP contribution in [0.2, 0.25) is 0 Å². The van der Waals surface area contributed by atoms with Gasteiger partial charge >= 0.3 is 0 Å². The summed E-state index contributed by atoms with van der Waals surface area (Å²) >= 11 is 1.55. The molecule has 2 heterocycles. The molecule has 130 valence electrons. The van der Waals surface area contributed by atoms with Crippen molar-refractivity contribution in [2.45, 2.75) is 39.2 Å². The first-order chi connectivity index (χ1) is 11.9. The van der Waals surface area contributed by atoms with Crippen molar-refractivity contribution in [1.82, 2.24) is 4.90 Å². The molecular formula is C19H19FN2O2S. The summed E-state index contributed by atoms with van der Waals surface area (Å²) in [6.45, 7) is 4.13. The first kappa shape index (κ1) is 16.5. The molecule has 25 heavy (non-hydrogen) atoms. The van der Waals surface area contributed by atoms with Gasteiger partial charge in [0.1, 0.15) is 5.82 Å². The molecule has 0 aromatic heterocycles. The number of allylic oxidation sites excluding steroid dienone is 1. The fourth-order valence-corrected chi connectivity index (χ4v) is 4.76. The number of Topliss-reactive ketones (excluding diaryl/α,β-unsaturated/α-hetero) is 1. The number of carbonyl (C=O) groups is 2. The van der Waals surface area contributed by atoms with Gasteiger partial charge in [0.05, 0.1) is 11.7 Å². The van der Waals surface area contributed by atoms with E-state index in [-0.39, 0.29) is 22.9 Å². The molecule has 0 N–H and O–H groups in total. The summed E-state index contributed by atoms with van der Waals surface area (Å²) in [6, 6.07) is 5.58. The number of aliphatic imine (C=N–C) groups is 1. The van der Waals surface area contributed by atoms with Crippen molar-refractivity contribution >= 4 is 28.6 Å². The Morgan fingerprint density at radius 2 is 1.92 bits per heavy atom. The number of fused-ring (bicyclic) bond motifs is 1. The molecule has 0 radical (unpaired) electrons. The lowest BCUT2D eigenvalue weighted by Crippen LogP contribution is -2.47.